The van der Waals surface area contributed by atoms with E-state index in [-0.39, 0.29) is 5.69 Å². The molecule has 0 bridgehead atoms. The van der Waals surface area contributed by atoms with E-state index in [0.717, 1.165) is 5.69 Å². The zero-order valence-electron chi connectivity index (χ0n) is 9.12. The van der Waals surface area contributed by atoms with Gasteiger partial charge in [0, 0.05) is 0 Å². The molecule has 3 N–H and O–H groups in total. The molecule has 5 nitrogen and oxygen atoms in total. The van der Waals surface area contributed by atoms with Crippen LogP contribution in [0.4, 0.5) is 20.6 Å². The second-order valence-corrected chi connectivity index (χ2v) is 3.47. The van der Waals surface area contributed by atoms with E-state index in [4.69, 9.17) is 0 Å². The number of urea groups is 1. The molecule has 1 aromatic carbocycles. The number of amides is 2. The van der Waals surface area contributed by atoms with E-state index in [9.17, 15) is 9.18 Å². The molecule has 0 aliphatic rings. The number of H-pyrrole nitrogens is 1. The van der Waals surface area contributed by atoms with Gasteiger partial charge in [0.2, 0.25) is 0 Å². The molecule has 0 saturated heterocycles. The molecule has 0 saturated carbocycles. The van der Waals surface area contributed by atoms with Gasteiger partial charge < -0.3 is 10.6 Å². The van der Waals surface area contributed by atoms with Crippen LogP contribution in [0.5, 0.6) is 0 Å². The Hall–Kier alpha value is -2.37. The van der Waals surface area contributed by atoms with E-state index in [1.807, 2.05) is 0 Å². The fourth-order valence-corrected chi connectivity index (χ4v) is 1.32. The summed E-state index contributed by atoms with van der Waals surface area (Å²) in [4.78, 5) is 11.6. The fourth-order valence-electron chi connectivity index (χ4n) is 1.32. The number of hydrogen-bond donors (Lipinski definition) is 3. The van der Waals surface area contributed by atoms with Crippen molar-refractivity contribution in [2.24, 2.45) is 0 Å². The summed E-state index contributed by atoms with van der Waals surface area (Å²) in [6.45, 7) is 1.77. The number of halogens is 1. The van der Waals surface area contributed by atoms with Crippen LogP contribution in [0.15, 0.2) is 30.5 Å². The van der Waals surface area contributed by atoms with Crippen molar-refractivity contribution >= 4 is 17.4 Å². The molecule has 2 amide bonds. The molecule has 0 atom stereocenters. The molecular formula is C11H11FN4O. The van der Waals surface area contributed by atoms with Crippen molar-refractivity contribution in [3.63, 3.8) is 0 Å². The van der Waals surface area contributed by atoms with Crippen molar-refractivity contribution in [1.82, 2.24) is 10.2 Å². The first-order chi connectivity index (χ1) is 8.16. The maximum Gasteiger partial charge on any atom is 0.323 e. The Labute approximate surface area is 97.0 Å². The number of nitrogens with one attached hydrogen (secondary N) is 3. The SMILES string of the molecule is Cc1[nH]ncc1NC(=O)Nc1ccccc1F. The number of aromatic amines is 1. The Balaban J connectivity index is 2.03. The molecular weight excluding hydrogens is 223 g/mol. The van der Waals surface area contributed by atoms with Crippen LogP contribution in [0.25, 0.3) is 0 Å². The highest BCUT2D eigenvalue weighted by Crippen LogP contribution is 2.14. The lowest BCUT2D eigenvalue weighted by atomic mass is 10.3. The maximum absolute atomic E-state index is 13.2. The van der Waals surface area contributed by atoms with Gasteiger partial charge in [0.1, 0.15) is 5.82 Å². The highest BCUT2D eigenvalue weighted by molar-refractivity contribution is 6.00. The summed E-state index contributed by atoms with van der Waals surface area (Å²) in [5.41, 5.74) is 1.42. The van der Waals surface area contributed by atoms with Crippen LogP contribution in [0.1, 0.15) is 5.69 Å². The maximum atomic E-state index is 13.2. The van der Waals surface area contributed by atoms with E-state index in [1.165, 1.54) is 18.3 Å². The number of aromatic nitrogens is 2. The standard InChI is InChI=1S/C11H11FN4O/c1-7-10(6-13-16-7)15-11(17)14-9-5-3-2-4-8(9)12/h2-6H,1H3,(H,13,16)(H2,14,15,17). The summed E-state index contributed by atoms with van der Waals surface area (Å²) >= 11 is 0. The van der Waals surface area contributed by atoms with Gasteiger partial charge in [-0.2, -0.15) is 5.10 Å². The van der Waals surface area contributed by atoms with Crippen LogP contribution < -0.4 is 10.6 Å². The van der Waals surface area contributed by atoms with Gasteiger partial charge in [-0.1, -0.05) is 12.1 Å². The van der Waals surface area contributed by atoms with Crippen LogP contribution in [0, 0.1) is 12.7 Å². The molecule has 6 heteroatoms. The van der Waals surface area contributed by atoms with E-state index in [2.05, 4.69) is 20.8 Å². The lowest BCUT2D eigenvalue weighted by Crippen LogP contribution is -2.20. The topological polar surface area (TPSA) is 69.8 Å². The minimum absolute atomic E-state index is 0.131. The van der Waals surface area contributed by atoms with Gasteiger partial charge >= 0.3 is 6.03 Å². The normalized spacial score (nSPS) is 10.0. The van der Waals surface area contributed by atoms with Crippen LogP contribution in [-0.2, 0) is 0 Å². The predicted molar refractivity (Wildman–Crippen MR) is 62.4 cm³/mol. The van der Waals surface area contributed by atoms with Gasteiger partial charge in [-0.3, -0.25) is 5.10 Å². The van der Waals surface area contributed by atoms with Gasteiger partial charge in [-0.25, -0.2) is 9.18 Å². The molecule has 1 heterocycles. The van der Waals surface area contributed by atoms with Crippen LogP contribution in [0.3, 0.4) is 0 Å². The van der Waals surface area contributed by atoms with Crippen molar-refractivity contribution in [2.45, 2.75) is 6.92 Å². The second-order valence-electron chi connectivity index (χ2n) is 3.47. The molecule has 0 unspecified atom stereocenters. The molecule has 0 aliphatic carbocycles. The number of anilines is 2. The molecule has 0 spiro atoms. The summed E-state index contributed by atoms with van der Waals surface area (Å²) < 4.78 is 13.2. The highest BCUT2D eigenvalue weighted by atomic mass is 19.1. The number of aryl methyl sites for hydroxylation is 1. The Morgan fingerprint density at radius 1 is 1.29 bits per heavy atom. The molecule has 2 rings (SSSR count). The summed E-state index contributed by atoms with van der Waals surface area (Å²) in [5, 5.41) is 11.4. The summed E-state index contributed by atoms with van der Waals surface area (Å²) in [5.74, 6) is -0.480. The molecule has 88 valence electrons. The van der Waals surface area contributed by atoms with Gasteiger partial charge in [-0.05, 0) is 19.1 Å². The smallest absolute Gasteiger partial charge is 0.305 e. The minimum Gasteiger partial charge on any atom is -0.305 e. The molecule has 2 aromatic rings. The van der Waals surface area contributed by atoms with Gasteiger partial charge in [0.15, 0.2) is 0 Å². The first-order valence-corrected chi connectivity index (χ1v) is 4.99. The van der Waals surface area contributed by atoms with Gasteiger partial charge in [0.05, 0.1) is 23.3 Å². The van der Waals surface area contributed by atoms with E-state index < -0.39 is 11.8 Å². The second kappa shape index (κ2) is 4.65. The quantitative estimate of drug-likeness (QED) is 0.747. The Morgan fingerprint density at radius 3 is 2.65 bits per heavy atom. The zero-order chi connectivity index (χ0) is 12.3. The van der Waals surface area contributed by atoms with E-state index in [0.29, 0.717) is 5.69 Å². The van der Waals surface area contributed by atoms with Crippen LogP contribution in [0.2, 0.25) is 0 Å². The predicted octanol–water partition coefficient (Wildman–Crippen LogP) is 2.50. The average Bonchev–Trinajstić information content (AvgIpc) is 2.68. The van der Waals surface area contributed by atoms with Crippen molar-refractivity contribution < 1.29 is 9.18 Å². The van der Waals surface area contributed by atoms with E-state index >= 15 is 0 Å². The molecule has 0 aliphatic heterocycles. The van der Waals surface area contributed by atoms with Crippen molar-refractivity contribution in [1.29, 1.82) is 0 Å². The number of carbonyl (C=O) groups excluding carboxylic acids is 1. The zero-order valence-corrected chi connectivity index (χ0v) is 9.12. The molecule has 0 fully saturated rings. The number of carbonyl (C=O) groups is 1. The third-order valence-corrected chi connectivity index (χ3v) is 2.20. The van der Waals surface area contributed by atoms with Crippen molar-refractivity contribution in [3.8, 4) is 0 Å². The van der Waals surface area contributed by atoms with Crippen LogP contribution in [-0.4, -0.2) is 16.2 Å². The number of nitrogens with zero attached hydrogens (tertiary/aromatic N) is 1. The minimum atomic E-state index is -0.514. The summed E-state index contributed by atoms with van der Waals surface area (Å²) in [6.07, 6.45) is 1.48. The van der Waals surface area contributed by atoms with Gasteiger partial charge in [-0.15, -0.1) is 0 Å². The summed E-state index contributed by atoms with van der Waals surface area (Å²) in [6, 6.07) is 5.44. The highest BCUT2D eigenvalue weighted by Gasteiger charge is 2.08. The Bertz CT molecular complexity index is 538. The van der Waals surface area contributed by atoms with E-state index in [1.54, 1.807) is 19.1 Å². The van der Waals surface area contributed by atoms with Crippen LogP contribution >= 0.6 is 0 Å². The lowest BCUT2D eigenvalue weighted by molar-refractivity contribution is 0.262. The number of para-hydroxylation sites is 1. The number of hydrogen-bond acceptors (Lipinski definition) is 2. The molecule has 17 heavy (non-hydrogen) atoms. The third-order valence-electron chi connectivity index (χ3n) is 2.20. The Kier molecular flexibility index (Phi) is 3.04. The fraction of sp³-hybridized carbons (Fsp3) is 0.0909. The average molecular weight is 234 g/mol. The van der Waals surface area contributed by atoms with Gasteiger partial charge in [0.25, 0.3) is 0 Å². The molecule has 0 radical (unpaired) electrons. The largest absolute Gasteiger partial charge is 0.323 e. The number of benzene rings is 1. The van der Waals surface area contributed by atoms with Crippen molar-refractivity contribution in [3.05, 3.63) is 42.0 Å². The first kappa shape index (κ1) is 11.1. The monoisotopic (exact) mass is 234 g/mol. The van der Waals surface area contributed by atoms with Crippen molar-refractivity contribution in [2.75, 3.05) is 10.6 Å². The summed E-state index contributed by atoms with van der Waals surface area (Å²) in [7, 11) is 0. The molecule has 1 aromatic heterocycles. The number of rotatable bonds is 2. The third kappa shape index (κ3) is 2.60. The first-order valence-electron chi connectivity index (χ1n) is 4.99. The Morgan fingerprint density at radius 2 is 2.00 bits per heavy atom. The lowest BCUT2D eigenvalue weighted by Gasteiger charge is -2.07.